The number of benzene rings is 2. The van der Waals surface area contributed by atoms with Crippen LogP contribution in [0.2, 0.25) is 5.02 Å². The van der Waals surface area contributed by atoms with Crippen molar-refractivity contribution in [1.29, 1.82) is 0 Å². The van der Waals surface area contributed by atoms with Gasteiger partial charge in [0.05, 0.1) is 24.8 Å². The second-order valence-electron chi connectivity index (χ2n) is 7.61. The number of aliphatic hydroxyl groups is 1. The number of anilines is 1. The van der Waals surface area contributed by atoms with Crippen molar-refractivity contribution in [3.8, 4) is 5.75 Å². The smallest absolute Gasteiger partial charge is 0.224 e. The molecule has 4 rings (SSSR count). The van der Waals surface area contributed by atoms with Crippen LogP contribution in [0.4, 0.5) is 10.1 Å². The van der Waals surface area contributed by atoms with Crippen LogP contribution in [0, 0.1) is 5.82 Å². The Hall–Kier alpha value is -2.31. The summed E-state index contributed by atoms with van der Waals surface area (Å²) < 4.78 is 20.2. The van der Waals surface area contributed by atoms with E-state index in [1.54, 1.807) is 12.1 Å². The fraction of sp³-hybridized carbons (Fsp3) is 0.409. The predicted octanol–water partition coefficient (Wildman–Crippen LogP) is 3.23. The molecule has 7 heteroatoms. The normalized spacial score (nSPS) is 16.4. The van der Waals surface area contributed by atoms with E-state index in [2.05, 4.69) is 5.32 Å². The predicted molar refractivity (Wildman–Crippen MR) is 110 cm³/mol. The molecule has 2 N–H and O–H groups in total. The Balaban J connectivity index is 1.36. The molecule has 0 atom stereocenters. The summed E-state index contributed by atoms with van der Waals surface area (Å²) in [5.41, 5.74) is 3.04. The van der Waals surface area contributed by atoms with Crippen molar-refractivity contribution in [2.24, 2.45) is 0 Å². The van der Waals surface area contributed by atoms with Gasteiger partial charge in [0.2, 0.25) is 5.91 Å². The average Bonchev–Trinajstić information content (AvgIpc) is 3.16. The van der Waals surface area contributed by atoms with Gasteiger partial charge >= 0.3 is 0 Å². The number of amides is 1. The van der Waals surface area contributed by atoms with Crippen LogP contribution in [-0.2, 0) is 24.2 Å². The summed E-state index contributed by atoms with van der Waals surface area (Å²) in [6.45, 7) is 2.13. The van der Waals surface area contributed by atoms with Gasteiger partial charge in [-0.3, -0.25) is 4.79 Å². The largest absolute Gasteiger partial charge is 0.493 e. The summed E-state index contributed by atoms with van der Waals surface area (Å²) in [7, 11) is 0. The number of hydrogen-bond donors (Lipinski definition) is 2. The molecule has 2 aromatic rings. The zero-order valence-electron chi connectivity index (χ0n) is 16.1. The highest BCUT2D eigenvalue weighted by molar-refractivity contribution is 6.30. The number of rotatable bonds is 5. The van der Waals surface area contributed by atoms with Crippen LogP contribution in [0.3, 0.4) is 0 Å². The first-order valence-electron chi connectivity index (χ1n) is 9.92. The van der Waals surface area contributed by atoms with Gasteiger partial charge in [0.25, 0.3) is 0 Å². The van der Waals surface area contributed by atoms with Gasteiger partial charge < -0.3 is 20.1 Å². The lowest BCUT2D eigenvalue weighted by atomic mass is 10.0. The number of carbonyl (C=O) groups is 1. The van der Waals surface area contributed by atoms with Crippen LogP contribution in [0.5, 0.6) is 5.75 Å². The first kappa shape index (κ1) is 20.0. The van der Waals surface area contributed by atoms with Crippen LogP contribution >= 0.6 is 11.6 Å². The number of aliphatic hydroxyl groups excluding tert-OH is 1. The van der Waals surface area contributed by atoms with E-state index in [1.165, 1.54) is 6.07 Å². The van der Waals surface area contributed by atoms with Gasteiger partial charge in [0.1, 0.15) is 11.6 Å². The van der Waals surface area contributed by atoms with Crippen molar-refractivity contribution < 1.29 is 19.0 Å². The van der Waals surface area contributed by atoms with Crippen molar-refractivity contribution >= 4 is 23.2 Å². The van der Waals surface area contributed by atoms with Gasteiger partial charge in [-0.1, -0.05) is 17.7 Å². The van der Waals surface area contributed by atoms with Crippen LogP contribution in [0.15, 0.2) is 30.3 Å². The lowest BCUT2D eigenvalue weighted by Crippen LogP contribution is -2.36. The minimum absolute atomic E-state index is 0.166. The molecule has 2 heterocycles. The number of fused-ring (bicyclic) bond motifs is 1. The maximum Gasteiger partial charge on any atom is 0.224 e. The van der Waals surface area contributed by atoms with Gasteiger partial charge in [-0.15, -0.1) is 0 Å². The summed E-state index contributed by atoms with van der Waals surface area (Å²) in [4.78, 5) is 14.3. The summed E-state index contributed by atoms with van der Waals surface area (Å²) >= 11 is 6.14. The molecule has 154 valence electrons. The van der Waals surface area contributed by atoms with Crippen molar-refractivity contribution in [3.05, 3.63) is 57.9 Å². The van der Waals surface area contributed by atoms with Gasteiger partial charge in [0.15, 0.2) is 0 Å². The molecule has 5 nitrogen and oxygen atoms in total. The number of nitrogens with one attached hydrogen (secondary N) is 1. The fourth-order valence-corrected chi connectivity index (χ4v) is 4.20. The summed E-state index contributed by atoms with van der Waals surface area (Å²) in [5, 5.41) is 13.0. The number of ether oxygens (including phenoxy) is 1. The Morgan fingerprint density at radius 1 is 1.28 bits per heavy atom. The van der Waals surface area contributed by atoms with E-state index in [-0.39, 0.29) is 30.8 Å². The zero-order valence-corrected chi connectivity index (χ0v) is 16.8. The molecule has 0 aromatic heterocycles. The van der Waals surface area contributed by atoms with Crippen LogP contribution in [0.25, 0.3) is 0 Å². The third-order valence-electron chi connectivity index (χ3n) is 5.48. The summed E-state index contributed by atoms with van der Waals surface area (Å²) in [5.74, 6) is 0.278. The third-order valence-corrected chi connectivity index (χ3v) is 5.70. The maximum absolute atomic E-state index is 14.5. The number of hydrogen-bond acceptors (Lipinski definition) is 4. The van der Waals surface area contributed by atoms with Crippen LogP contribution in [0.1, 0.15) is 29.5 Å². The van der Waals surface area contributed by atoms with E-state index in [1.807, 2.05) is 17.0 Å². The molecule has 1 saturated heterocycles. The molecule has 2 aliphatic heterocycles. The van der Waals surface area contributed by atoms with Crippen molar-refractivity contribution in [2.75, 3.05) is 24.6 Å². The van der Waals surface area contributed by atoms with Crippen LogP contribution in [-0.4, -0.2) is 36.8 Å². The first-order chi connectivity index (χ1) is 14.0. The summed E-state index contributed by atoms with van der Waals surface area (Å²) in [6.07, 6.45) is 1.96. The highest BCUT2D eigenvalue weighted by Gasteiger charge is 2.21. The van der Waals surface area contributed by atoms with E-state index < -0.39 is 0 Å². The number of halogens is 2. The topological polar surface area (TPSA) is 61.8 Å². The molecule has 1 amide bonds. The van der Waals surface area contributed by atoms with Gasteiger partial charge in [-0.05, 0) is 48.2 Å². The number of carbonyl (C=O) groups excluding carboxylic acids is 1. The molecule has 0 saturated carbocycles. The molecular weight excluding hydrogens is 395 g/mol. The molecule has 29 heavy (non-hydrogen) atoms. The quantitative estimate of drug-likeness (QED) is 0.782. The molecule has 2 aliphatic rings. The van der Waals surface area contributed by atoms with Gasteiger partial charge in [0, 0.05) is 36.6 Å². The zero-order chi connectivity index (χ0) is 20.4. The number of nitrogens with zero attached hydrogens (tertiary/aromatic N) is 1. The minimum atomic E-state index is -0.311. The Labute approximate surface area is 174 Å². The van der Waals surface area contributed by atoms with Gasteiger partial charge in [-0.25, -0.2) is 4.39 Å². The SMILES string of the molecule is O=C(Cc1cc(Cl)cc2c1OCC2)NCc1ccc(N2CCC(O)CC2)c(F)c1. The van der Waals surface area contributed by atoms with E-state index in [9.17, 15) is 14.3 Å². The molecule has 0 aliphatic carbocycles. The molecular formula is C22H24ClFN2O3. The van der Waals surface area contributed by atoms with Gasteiger partial charge in [-0.2, -0.15) is 0 Å². The second-order valence-corrected chi connectivity index (χ2v) is 8.05. The molecule has 0 bridgehead atoms. The fourth-order valence-electron chi connectivity index (χ4n) is 3.94. The second kappa shape index (κ2) is 8.59. The average molecular weight is 419 g/mol. The first-order valence-corrected chi connectivity index (χ1v) is 10.3. The lowest BCUT2D eigenvalue weighted by Gasteiger charge is -2.31. The lowest BCUT2D eigenvalue weighted by molar-refractivity contribution is -0.120. The standard InChI is InChI=1S/C22H24ClFN2O3/c23-17-10-15-5-8-29-22(15)16(11-17)12-21(28)25-13-14-1-2-20(19(24)9-14)26-6-3-18(27)4-7-26/h1-2,9-11,18,27H,3-8,12-13H2,(H,25,28). The Bertz CT molecular complexity index is 913. The molecule has 0 unspecified atom stereocenters. The molecule has 1 fully saturated rings. The Morgan fingerprint density at radius 2 is 2.07 bits per heavy atom. The van der Waals surface area contributed by atoms with Crippen molar-refractivity contribution in [1.82, 2.24) is 5.32 Å². The third kappa shape index (κ3) is 4.65. The Kier molecular flexibility index (Phi) is 5.92. The number of piperidine rings is 1. The van der Waals surface area contributed by atoms with E-state index in [0.29, 0.717) is 48.8 Å². The Morgan fingerprint density at radius 3 is 2.83 bits per heavy atom. The van der Waals surface area contributed by atoms with E-state index in [4.69, 9.17) is 16.3 Å². The highest BCUT2D eigenvalue weighted by Crippen LogP contribution is 2.33. The molecule has 0 spiro atoms. The van der Waals surface area contributed by atoms with Crippen LogP contribution < -0.4 is 15.0 Å². The molecule has 2 aromatic carbocycles. The maximum atomic E-state index is 14.5. The highest BCUT2D eigenvalue weighted by atomic mass is 35.5. The minimum Gasteiger partial charge on any atom is -0.493 e. The van der Waals surface area contributed by atoms with E-state index in [0.717, 1.165) is 23.3 Å². The molecule has 0 radical (unpaired) electrons. The monoisotopic (exact) mass is 418 g/mol. The summed E-state index contributed by atoms with van der Waals surface area (Å²) in [6, 6.07) is 8.66. The van der Waals surface area contributed by atoms with Crippen molar-refractivity contribution in [2.45, 2.75) is 38.3 Å². The van der Waals surface area contributed by atoms with E-state index >= 15 is 0 Å². The van der Waals surface area contributed by atoms with Crippen molar-refractivity contribution in [3.63, 3.8) is 0 Å².